The van der Waals surface area contributed by atoms with E-state index in [0.29, 0.717) is 17.0 Å². The maximum atomic E-state index is 13.2. The van der Waals surface area contributed by atoms with Gasteiger partial charge in [0.2, 0.25) is 0 Å². The monoisotopic (exact) mass is 518 g/mol. The Morgan fingerprint density at radius 1 is 0.919 bits per heavy atom. The second-order valence-electron chi connectivity index (χ2n) is 8.23. The van der Waals surface area contributed by atoms with Gasteiger partial charge in [-0.15, -0.1) is 0 Å². The number of imide groups is 1. The Balaban J connectivity index is 1.52. The van der Waals surface area contributed by atoms with Crippen molar-refractivity contribution in [2.45, 2.75) is 20.8 Å². The SMILES string of the molecule is CCOC(=O)c1ccccc1N1C(=O)C(Cl)=C(Nc2ccc(C(=O)Oc3cc(C)ccc3C)cc2)C1=O. The first kappa shape index (κ1) is 25.7. The second-order valence-corrected chi connectivity index (χ2v) is 8.61. The van der Waals surface area contributed by atoms with Gasteiger partial charge < -0.3 is 14.8 Å². The van der Waals surface area contributed by atoms with Crippen molar-refractivity contribution in [2.75, 3.05) is 16.8 Å². The smallest absolute Gasteiger partial charge is 0.343 e. The Morgan fingerprint density at radius 3 is 2.32 bits per heavy atom. The van der Waals surface area contributed by atoms with Crippen LogP contribution in [0.3, 0.4) is 0 Å². The average Bonchev–Trinajstić information content (AvgIpc) is 3.09. The van der Waals surface area contributed by atoms with E-state index in [1.807, 2.05) is 26.0 Å². The van der Waals surface area contributed by atoms with Crippen LogP contribution in [0.25, 0.3) is 0 Å². The maximum Gasteiger partial charge on any atom is 0.343 e. The summed E-state index contributed by atoms with van der Waals surface area (Å²) in [5.74, 6) is -2.24. The number of anilines is 2. The van der Waals surface area contributed by atoms with Crippen molar-refractivity contribution in [3.8, 4) is 5.75 Å². The molecule has 0 aromatic heterocycles. The fourth-order valence-electron chi connectivity index (χ4n) is 3.69. The molecule has 0 unspecified atom stereocenters. The minimum Gasteiger partial charge on any atom is -0.462 e. The molecule has 0 fully saturated rings. The molecule has 37 heavy (non-hydrogen) atoms. The highest BCUT2D eigenvalue weighted by Crippen LogP contribution is 2.32. The summed E-state index contributed by atoms with van der Waals surface area (Å²) in [6, 6.07) is 17.9. The molecule has 0 bridgehead atoms. The highest BCUT2D eigenvalue weighted by Gasteiger charge is 2.40. The molecule has 0 aliphatic carbocycles. The standard InChI is InChI=1S/C28H23ClN2O6/c1-4-36-28(35)20-7-5-6-8-21(20)31-25(32)23(29)24(26(31)33)30-19-13-11-18(12-14-19)27(34)37-22-15-16(2)9-10-17(22)3/h5-15,30H,4H2,1-3H3. The number of ether oxygens (including phenoxy) is 2. The summed E-state index contributed by atoms with van der Waals surface area (Å²) in [5.41, 5.74) is 2.48. The van der Waals surface area contributed by atoms with Gasteiger partial charge in [0, 0.05) is 5.69 Å². The van der Waals surface area contributed by atoms with Gasteiger partial charge >= 0.3 is 11.9 Å². The van der Waals surface area contributed by atoms with Crippen LogP contribution in [0.15, 0.2) is 77.5 Å². The average molecular weight is 519 g/mol. The Bertz CT molecular complexity index is 1450. The molecule has 1 N–H and O–H groups in total. The molecule has 2 amide bonds. The molecule has 9 heteroatoms. The lowest BCUT2D eigenvalue weighted by molar-refractivity contribution is -0.120. The number of carbonyl (C=O) groups is 4. The van der Waals surface area contributed by atoms with Crippen LogP contribution in [0.2, 0.25) is 0 Å². The predicted octanol–water partition coefficient (Wildman–Crippen LogP) is 5.14. The number of aryl methyl sites for hydroxylation is 2. The summed E-state index contributed by atoms with van der Waals surface area (Å²) in [5, 5.41) is 2.51. The lowest BCUT2D eigenvalue weighted by Crippen LogP contribution is -2.33. The predicted molar refractivity (Wildman–Crippen MR) is 139 cm³/mol. The first-order chi connectivity index (χ1) is 17.7. The summed E-state index contributed by atoms with van der Waals surface area (Å²) in [4.78, 5) is 51.8. The molecule has 1 aliphatic rings. The third-order valence-corrected chi connectivity index (χ3v) is 5.95. The number of nitrogens with zero attached hydrogens (tertiary/aromatic N) is 1. The number of hydrogen-bond donors (Lipinski definition) is 1. The maximum absolute atomic E-state index is 13.2. The van der Waals surface area contributed by atoms with Crippen molar-refractivity contribution in [3.63, 3.8) is 0 Å². The molecule has 4 rings (SSSR count). The number of rotatable bonds is 7. The number of esters is 2. The van der Waals surface area contributed by atoms with E-state index in [4.69, 9.17) is 21.1 Å². The summed E-state index contributed by atoms with van der Waals surface area (Å²) in [6.45, 7) is 5.54. The van der Waals surface area contributed by atoms with Crippen molar-refractivity contribution in [1.29, 1.82) is 0 Å². The van der Waals surface area contributed by atoms with Crippen molar-refractivity contribution < 1.29 is 28.7 Å². The fourth-order valence-corrected chi connectivity index (χ4v) is 3.90. The molecule has 1 heterocycles. The molecule has 0 atom stereocenters. The third kappa shape index (κ3) is 5.24. The minimum atomic E-state index is -0.778. The normalized spacial score (nSPS) is 13.1. The summed E-state index contributed by atoms with van der Waals surface area (Å²) in [7, 11) is 0. The van der Waals surface area contributed by atoms with Gasteiger partial charge in [-0.1, -0.05) is 35.9 Å². The van der Waals surface area contributed by atoms with Crippen LogP contribution in [0.1, 0.15) is 38.8 Å². The number of amides is 2. The number of nitrogens with one attached hydrogen (secondary N) is 1. The molecule has 3 aromatic carbocycles. The molecule has 0 radical (unpaired) electrons. The number of benzene rings is 3. The number of carbonyl (C=O) groups excluding carboxylic acids is 4. The van der Waals surface area contributed by atoms with Crippen LogP contribution in [0, 0.1) is 13.8 Å². The van der Waals surface area contributed by atoms with E-state index in [-0.39, 0.29) is 28.6 Å². The Kier molecular flexibility index (Phi) is 7.40. The number of halogens is 1. The summed E-state index contributed by atoms with van der Waals surface area (Å²) >= 11 is 6.23. The van der Waals surface area contributed by atoms with Crippen LogP contribution >= 0.6 is 11.6 Å². The van der Waals surface area contributed by atoms with Gasteiger partial charge in [0.05, 0.1) is 23.4 Å². The molecule has 0 saturated carbocycles. The van der Waals surface area contributed by atoms with Gasteiger partial charge in [-0.25, -0.2) is 14.5 Å². The van der Waals surface area contributed by atoms with Crippen LogP contribution in [-0.4, -0.2) is 30.4 Å². The highest BCUT2D eigenvalue weighted by molar-refractivity contribution is 6.53. The largest absolute Gasteiger partial charge is 0.462 e. The Labute approximate surface area is 218 Å². The van der Waals surface area contributed by atoms with E-state index in [0.717, 1.165) is 16.0 Å². The molecule has 188 valence electrons. The van der Waals surface area contributed by atoms with Crippen LogP contribution in [0.5, 0.6) is 5.75 Å². The Morgan fingerprint density at radius 2 is 1.62 bits per heavy atom. The van der Waals surface area contributed by atoms with E-state index >= 15 is 0 Å². The van der Waals surface area contributed by atoms with Gasteiger partial charge in [-0.2, -0.15) is 0 Å². The number of hydrogen-bond acceptors (Lipinski definition) is 7. The zero-order valence-electron chi connectivity index (χ0n) is 20.3. The van der Waals surface area contributed by atoms with E-state index < -0.39 is 23.8 Å². The third-order valence-electron chi connectivity index (χ3n) is 5.60. The summed E-state index contributed by atoms with van der Waals surface area (Å²) < 4.78 is 10.6. The van der Waals surface area contributed by atoms with Gasteiger partial charge in [0.25, 0.3) is 11.8 Å². The van der Waals surface area contributed by atoms with Crippen molar-refractivity contribution in [1.82, 2.24) is 0 Å². The highest BCUT2D eigenvalue weighted by atomic mass is 35.5. The summed E-state index contributed by atoms with van der Waals surface area (Å²) in [6.07, 6.45) is 0. The van der Waals surface area contributed by atoms with Crippen molar-refractivity contribution in [3.05, 3.63) is 99.7 Å². The molecule has 8 nitrogen and oxygen atoms in total. The van der Waals surface area contributed by atoms with Gasteiger partial charge in [0.15, 0.2) is 0 Å². The zero-order valence-corrected chi connectivity index (χ0v) is 21.1. The molecule has 0 saturated heterocycles. The molecular formula is C28H23ClN2O6. The fraction of sp³-hybridized carbons (Fsp3) is 0.143. The first-order valence-electron chi connectivity index (χ1n) is 11.4. The first-order valence-corrected chi connectivity index (χ1v) is 11.8. The zero-order chi connectivity index (χ0) is 26.7. The quantitative estimate of drug-likeness (QED) is 0.262. The van der Waals surface area contributed by atoms with E-state index in [1.165, 1.54) is 24.3 Å². The second kappa shape index (κ2) is 10.7. The minimum absolute atomic E-state index is 0.0588. The molecule has 3 aromatic rings. The lowest BCUT2D eigenvalue weighted by atomic mass is 10.1. The van der Waals surface area contributed by atoms with Crippen LogP contribution < -0.4 is 15.0 Å². The van der Waals surface area contributed by atoms with Gasteiger partial charge in [-0.05, 0) is 74.4 Å². The van der Waals surface area contributed by atoms with Gasteiger partial charge in [0.1, 0.15) is 16.5 Å². The number of para-hydroxylation sites is 1. The molecule has 1 aliphatic heterocycles. The van der Waals surface area contributed by atoms with Crippen molar-refractivity contribution >= 4 is 46.7 Å². The lowest BCUT2D eigenvalue weighted by Gasteiger charge is -2.18. The van der Waals surface area contributed by atoms with E-state index in [9.17, 15) is 19.2 Å². The molecule has 0 spiro atoms. The topological polar surface area (TPSA) is 102 Å². The van der Waals surface area contributed by atoms with Crippen LogP contribution in [0.4, 0.5) is 11.4 Å². The van der Waals surface area contributed by atoms with E-state index in [1.54, 1.807) is 37.3 Å². The van der Waals surface area contributed by atoms with Crippen LogP contribution in [-0.2, 0) is 14.3 Å². The van der Waals surface area contributed by atoms with Gasteiger partial charge in [-0.3, -0.25) is 9.59 Å². The van der Waals surface area contributed by atoms with E-state index in [2.05, 4.69) is 5.32 Å². The van der Waals surface area contributed by atoms with Crippen molar-refractivity contribution in [2.24, 2.45) is 0 Å². The molecular weight excluding hydrogens is 496 g/mol. The Hall–Kier alpha value is -4.43.